The largest absolute Gasteiger partial charge is 0.497 e. The Morgan fingerprint density at radius 3 is 2.39 bits per heavy atom. The van der Waals surface area contributed by atoms with Crippen LogP contribution < -0.4 is 36.1 Å². The van der Waals surface area contributed by atoms with Gasteiger partial charge in [-0.2, -0.15) is 0 Å². The summed E-state index contributed by atoms with van der Waals surface area (Å²) in [5, 5.41) is 10.9. The maximum Gasteiger partial charge on any atom is 0.265 e. The molecule has 0 aliphatic rings. The molecule has 0 aliphatic carbocycles. The van der Waals surface area contributed by atoms with E-state index in [1.54, 1.807) is 49.6 Å². The molecule has 9 heteroatoms. The lowest BCUT2D eigenvalue weighted by molar-refractivity contribution is -0.121. The van der Waals surface area contributed by atoms with E-state index in [1.165, 1.54) is 0 Å². The van der Waals surface area contributed by atoms with Crippen LogP contribution in [0.4, 0.5) is 11.4 Å². The summed E-state index contributed by atoms with van der Waals surface area (Å²) in [5.74, 6) is 1.47. The highest BCUT2D eigenvalue weighted by Gasteiger charge is 2.23. The molecular weight excluding hydrogens is 458 g/mol. The van der Waals surface area contributed by atoms with Gasteiger partial charge < -0.3 is 25.3 Å². The Morgan fingerprint density at radius 1 is 1.00 bits per heavy atom. The number of nitrogens with two attached hydrogens (primary N) is 1. The summed E-state index contributed by atoms with van der Waals surface area (Å²) in [6.45, 7) is 6.22. The summed E-state index contributed by atoms with van der Waals surface area (Å²) >= 11 is 0. The third-order valence-electron chi connectivity index (χ3n) is 5.13. The van der Waals surface area contributed by atoms with Crippen molar-refractivity contribution in [2.24, 2.45) is 5.73 Å². The first-order valence-corrected chi connectivity index (χ1v) is 11.6. The Bertz CT molecular complexity index is 1180. The third kappa shape index (κ3) is 7.05. The van der Waals surface area contributed by atoms with Crippen molar-refractivity contribution in [1.82, 2.24) is 5.43 Å². The lowest BCUT2D eigenvalue weighted by Gasteiger charge is -2.22. The number of carbonyl (C=O) groups excluding carboxylic acids is 1. The standard InChI is InChI=1S/C27H33N5O4/c1-5-35-24-15-19(11-14-23(24)36-17(2)3)25(30-20-12-9-18(10-13-20)26(28)29)27(33)32-31-21-7-6-8-22(16-21)34-4/h6-17,25,30-31H,5H2,1-4H3,(H3,28,29)(H,32,33). The summed E-state index contributed by atoms with van der Waals surface area (Å²) < 4.78 is 16.9. The minimum absolute atomic E-state index is 0.0274. The predicted octanol–water partition coefficient (Wildman–Crippen LogP) is 4.46. The molecule has 36 heavy (non-hydrogen) atoms. The highest BCUT2D eigenvalue weighted by molar-refractivity contribution is 5.95. The highest BCUT2D eigenvalue weighted by Crippen LogP contribution is 2.33. The number of ether oxygens (including phenoxy) is 3. The van der Waals surface area contributed by atoms with E-state index in [2.05, 4.69) is 16.2 Å². The second kappa shape index (κ2) is 12.3. The molecule has 190 valence electrons. The molecule has 3 aromatic rings. The average Bonchev–Trinajstić information content (AvgIpc) is 2.87. The topological polar surface area (TPSA) is 131 Å². The van der Waals surface area contributed by atoms with Gasteiger partial charge in [-0.15, -0.1) is 0 Å². The van der Waals surface area contributed by atoms with E-state index >= 15 is 0 Å². The Morgan fingerprint density at radius 2 is 1.75 bits per heavy atom. The molecule has 3 aromatic carbocycles. The van der Waals surface area contributed by atoms with Crippen LogP contribution in [-0.2, 0) is 4.79 Å². The van der Waals surface area contributed by atoms with Crippen LogP contribution in [0, 0.1) is 5.41 Å². The van der Waals surface area contributed by atoms with Gasteiger partial charge in [0.05, 0.1) is 25.5 Å². The van der Waals surface area contributed by atoms with E-state index in [4.69, 9.17) is 25.4 Å². The van der Waals surface area contributed by atoms with E-state index in [9.17, 15) is 4.79 Å². The summed E-state index contributed by atoms with van der Waals surface area (Å²) in [6, 6.07) is 18.9. The van der Waals surface area contributed by atoms with Crippen molar-refractivity contribution >= 4 is 23.1 Å². The van der Waals surface area contributed by atoms with Gasteiger partial charge in [0.1, 0.15) is 17.6 Å². The Hall–Kier alpha value is -4.40. The minimum atomic E-state index is -0.779. The number of amides is 1. The van der Waals surface area contributed by atoms with Crippen molar-refractivity contribution in [3.05, 3.63) is 77.9 Å². The smallest absolute Gasteiger partial charge is 0.265 e. The van der Waals surface area contributed by atoms with Crippen molar-refractivity contribution in [2.45, 2.75) is 32.9 Å². The fourth-order valence-electron chi connectivity index (χ4n) is 3.44. The first-order valence-electron chi connectivity index (χ1n) is 11.6. The number of amidine groups is 1. The maximum atomic E-state index is 13.4. The number of methoxy groups -OCH3 is 1. The number of carbonyl (C=O) groups is 1. The van der Waals surface area contributed by atoms with Crippen molar-refractivity contribution < 1.29 is 19.0 Å². The Labute approximate surface area is 211 Å². The number of anilines is 2. The van der Waals surface area contributed by atoms with Crippen molar-refractivity contribution in [2.75, 3.05) is 24.5 Å². The zero-order valence-electron chi connectivity index (χ0n) is 20.9. The second-order valence-corrected chi connectivity index (χ2v) is 8.22. The van der Waals surface area contributed by atoms with Gasteiger partial charge in [-0.3, -0.25) is 21.1 Å². The van der Waals surface area contributed by atoms with Crippen LogP contribution in [0.5, 0.6) is 17.2 Å². The van der Waals surface area contributed by atoms with E-state index in [0.29, 0.717) is 46.4 Å². The SMILES string of the molecule is CCOc1cc(C(Nc2ccc(C(=N)N)cc2)C(=O)NNc2cccc(OC)c2)ccc1OC(C)C. The first kappa shape index (κ1) is 26.2. The number of hydrazine groups is 1. The molecule has 0 spiro atoms. The van der Waals surface area contributed by atoms with Crippen LogP contribution in [0.25, 0.3) is 0 Å². The predicted molar refractivity (Wildman–Crippen MR) is 142 cm³/mol. The van der Waals surface area contributed by atoms with Gasteiger partial charge in [-0.1, -0.05) is 12.1 Å². The molecule has 1 unspecified atom stereocenters. The van der Waals surface area contributed by atoms with E-state index in [-0.39, 0.29) is 17.8 Å². The zero-order valence-corrected chi connectivity index (χ0v) is 20.9. The summed E-state index contributed by atoms with van der Waals surface area (Å²) in [4.78, 5) is 13.4. The van der Waals surface area contributed by atoms with E-state index in [1.807, 2.05) is 45.0 Å². The molecule has 0 saturated heterocycles. The lowest BCUT2D eigenvalue weighted by atomic mass is 10.0. The maximum absolute atomic E-state index is 13.4. The summed E-state index contributed by atoms with van der Waals surface area (Å²) in [7, 11) is 1.58. The van der Waals surface area contributed by atoms with Crippen LogP contribution in [0.2, 0.25) is 0 Å². The molecule has 0 bridgehead atoms. The fraction of sp³-hybridized carbons (Fsp3) is 0.259. The first-order chi connectivity index (χ1) is 17.3. The quantitative estimate of drug-likeness (QED) is 0.144. The molecule has 3 rings (SSSR count). The monoisotopic (exact) mass is 491 g/mol. The fourth-order valence-corrected chi connectivity index (χ4v) is 3.44. The molecule has 0 fully saturated rings. The molecule has 9 nitrogen and oxygen atoms in total. The number of nitrogens with one attached hydrogen (secondary N) is 4. The van der Waals surface area contributed by atoms with Crippen molar-refractivity contribution in [3.8, 4) is 17.2 Å². The van der Waals surface area contributed by atoms with Gasteiger partial charge in [0.15, 0.2) is 11.5 Å². The molecule has 0 aromatic heterocycles. The van der Waals surface area contributed by atoms with Crippen LogP contribution in [0.3, 0.4) is 0 Å². The van der Waals surface area contributed by atoms with Crippen LogP contribution in [0.15, 0.2) is 66.7 Å². The van der Waals surface area contributed by atoms with Crippen LogP contribution in [-0.4, -0.2) is 31.6 Å². The Balaban J connectivity index is 1.90. The number of benzene rings is 3. The summed E-state index contributed by atoms with van der Waals surface area (Å²) in [6.07, 6.45) is -0.0286. The van der Waals surface area contributed by atoms with Crippen molar-refractivity contribution in [1.29, 1.82) is 5.41 Å². The van der Waals surface area contributed by atoms with Gasteiger partial charge >= 0.3 is 0 Å². The highest BCUT2D eigenvalue weighted by atomic mass is 16.5. The normalized spacial score (nSPS) is 11.4. The van der Waals surface area contributed by atoms with Crippen molar-refractivity contribution in [3.63, 3.8) is 0 Å². The van der Waals surface area contributed by atoms with Gasteiger partial charge in [0, 0.05) is 17.3 Å². The molecule has 0 heterocycles. The third-order valence-corrected chi connectivity index (χ3v) is 5.13. The second-order valence-electron chi connectivity index (χ2n) is 8.22. The van der Waals surface area contributed by atoms with Crippen LogP contribution in [0.1, 0.15) is 37.9 Å². The molecule has 1 atom stereocenters. The summed E-state index contributed by atoms with van der Waals surface area (Å²) in [5.41, 5.74) is 13.9. The Kier molecular flexibility index (Phi) is 8.99. The van der Waals surface area contributed by atoms with Gasteiger partial charge in [0.2, 0.25) is 0 Å². The number of nitrogen functional groups attached to an aromatic ring is 1. The number of rotatable bonds is 12. The van der Waals surface area contributed by atoms with Crippen LogP contribution >= 0.6 is 0 Å². The van der Waals surface area contributed by atoms with Gasteiger partial charge in [0.25, 0.3) is 5.91 Å². The molecule has 1 amide bonds. The molecule has 0 aliphatic heterocycles. The van der Waals surface area contributed by atoms with Gasteiger partial charge in [-0.25, -0.2) is 0 Å². The molecular formula is C27H33N5O4. The number of hydrogen-bond acceptors (Lipinski definition) is 7. The minimum Gasteiger partial charge on any atom is -0.497 e. The van der Waals surface area contributed by atoms with Gasteiger partial charge in [-0.05, 0) is 74.9 Å². The lowest BCUT2D eigenvalue weighted by Crippen LogP contribution is -2.37. The number of hydrogen-bond donors (Lipinski definition) is 5. The average molecular weight is 492 g/mol. The van der Waals surface area contributed by atoms with E-state index < -0.39 is 6.04 Å². The molecule has 0 radical (unpaired) electrons. The van der Waals surface area contributed by atoms with E-state index in [0.717, 1.165) is 0 Å². The zero-order chi connectivity index (χ0) is 26.1. The molecule has 6 N–H and O–H groups in total. The molecule has 0 saturated carbocycles.